The first kappa shape index (κ1) is 18.3. The minimum absolute atomic E-state index is 0.00293. The molecular weight excluding hydrogens is 356 g/mol. The first-order valence-electron chi connectivity index (χ1n) is 9.48. The molecule has 1 atom stereocenters. The van der Waals surface area contributed by atoms with Crippen molar-refractivity contribution in [3.63, 3.8) is 0 Å². The summed E-state index contributed by atoms with van der Waals surface area (Å²) in [5, 5.41) is 0. The van der Waals surface area contributed by atoms with Crippen LogP contribution in [0.4, 0.5) is 5.69 Å². The molecule has 2 aliphatic heterocycles. The third kappa shape index (κ3) is 3.52. The molecule has 2 aromatic rings. The number of rotatable bonds is 1. The number of benzene rings is 1. The van der Waals surface area contributed by atoms with Crippen molar-refractivity contribution in [1.82, 2.24) is 14.8 Å². The second-order valence-electron chi connectivity index (χ2n) is 7.61. The van der Waals surface area contributed by atoms with Crippen LogP contribution in [0.5, 0.6) is 5.75 Å². The Labute approximate surface area is 164 Å². The molecule has 0 saturated carbocycles. The van der Waals surface area contributed by atoms with Crippen LogP contribution in [0.25, 0.3) is 0 Å². The van der Waals surface area contributed by atoms with Crippen LogP contribution in [-0.2, 0) is 11.3 Å². The van der Waals surface area contributed by atoms with E-state index in [2.05, 4.69) is 4.98 Å². The Kier molecular flexibility index (Phi) is 4.66. The summed E-state index contributed by atoms with van der Waals surface area (Å²) in [7, 11) is 0. The van der Waals surface area contributed by atoms with Crippen LogP contribution in [0, 0.1) is 0 Å². The van der Waals surface area contributed by atoms with Gasteiger partial charge in [0.2, 0.25) is 5.91 Å². The molecule has 0 aliphatic carbocycles. The van der Waals surface area contributed by atoms with Gasteiger partial charge in [0.25, 0.3) is 5.91 Å². The molecule has 2 aliphatic rings. The average molecular weight is 380 g/mol. The van der Waals surface area contributed by atoms with E-state index in [9.17, 15) is 9.59 Å². The molecule has 1 spiro atoms. The third-order valence-corrected chi connectivity index (χ3v) is 5.42. The van der Waals surface area contributed by atoms with Crippen LogP contribution in [0.3, 0.4) is 0 Å². The third-order valence-electron chi connectivity index (χ3n) is 5.42. The first-order valence-corrected chi connectivity index (χ1v) is 9.48. The molecule has 1 saturated heterocycles. The number of hydrogen-bond acceptors (Lipinski definition) is 5. The van der Waals surface area contributed by atoms with Crippen LogP contribution in [0.15, 0.2) is 42.7 Å². The van der Waals surface area contributed by atoms with Crippen LogP contribution in [-0.4, -0.2) is 51.8 Å². The molecule has 7 heteroatoms. The van der Waals surface area contributed by atoms with Gasteiger partial charge >= 0.3 is 0 Å². The van der Waals surface area contributed by atoms with E-state index in [1.165, 1.54) is 12.4 Å². The molecule has 1 aromatic heterocycles. The van der Waals surface area contributed by atoms with Gasteiger partial charge in [0, 0.05) is 38.0 Å². The zero-order valence-corrected chi connectivity index (χ0v) is 15.9. The average Bonchev–Trinajstić information content (AvgIpc) is 2.84. The molecule has 1 unspecified atom stereocenters. The molecule has 0 bridgehead atoms. The second kappa shape index (κ2) is 7.14. The molecule has 2 amide bonds. The molecule has 0 radical (unpaired) electrons. The normalized spacial score (nSPS) is 21.6. The van der Waals surface area contributed by atoms with Gasteiger partial charge < -0.3 is 20.3 Å². The van der Waals surface area contributed by atoms with Crippen molar-refractivity contribution in [3.05, 3.63) is 53.9 Å². The molecule has 3 heterocycles. The van der Waals surface area contributed by atoms with Gasteiger partial charge in [0.05, 0.1) is 24.3 Å². The number of aromatic nitrogens is 1. The maximum atomic E-state index is 13.0. The zero-order chi connectivity index (χ0) is 19.7. The SMILES string of the molecule is CC(=O)N1Cc2ccccc2OC2(CCCN(C(=O)c3cncc(N)c3)C2)C1. The van der Waals surface area contributed by atoms with Gasteiger partial charge in [-0.15, -0.1) is 0 Å². The maximum absolute atomic E-state index is 13.0. The van der Waals surface area contributed by atoms with E-state index in [-0.39, 0.29) is 11.8 Å². The minimum atomic E-state index is -0.625. The van der Waals surface area contributed by atoms with Crippen molar-refractivity contribution in [2.45, 2.75) is 31.9 Å². The van der Waals surface area contributed by atoms with Gasteiger partial charge in [-0.05, 0) is 25.0 Å². The fourth-order valence-corrected chi connectivity index (χ4v) is 4.07. The Morgan fingerprint density at radius 1 is 1.18 bits per heavy atom. The van der Waals surface area contributed by atoms with E-state index in [0.29, 0.717) is 37.4 Å². The Bertz CT molecular complexity index is 916. The van der Waals surface area contributed by atoms with E-state index < -0.39 is 5.60 Å². The van der Waals surface area contributed by atoms with Gasteiger partial charge in [-0.1, -0.05) is 18.2 Å². The minimum Gasteiger partial charge on any atom is -0.483 e. The number of hydrogen-bond donors (Lipinski definition) is 1. The molecule has 1 aromatic carbocycles. The quantitative estimate of drug-likeness (QED) is 0.818. The predicted octanol–water partition coefficient (Wildman–Crippen LogP) is 2.08. The molecule has 2 N–H and O–H groups in total. The predicted molar refractivity (Wildman–Crippen MR) is 105 cm³/mol. The Morgan fingerprint density at radius 3 is 2.75 bits per heavy atom. The van der Waals surface area contributed by atoms with Crippen molar-refractivity contribution < 1.29 is 14.3 Å². The lowest BCUT2D eigenvalue weighted by Crippen LogP contribution is -2.58. The molecule has 1 fully saturated rings. The van der Waals surface area contributed by atoms with Gasteiger partial charge in [-0.3, -0.25) is 14.6 Å². The topological polar surface area (TPSA) is 88.8 Å². The van der Waals surface area contributed by atoms with E-state index in [4.69, 9.17) is 10.5 Å². The van der Waals surface area contributed by atoms with Crippen molar-refractivity contribution in [1.29, 1.82) is 0 Å². The van der Waals surface area contributed by atoms with Crippen molar-refractivity contribution in [2.24, 2.45) is 0 Å². The van der Waals surface area contributed by atoms with Gasteiger partial charge in [-0.25, -0.2) is 0 Å². The Balaban J connectivity index is 1.64. The monoisotopic (exact) mass is 380 g/mol. The molecule has 4 rings (SSSR count). The van der Waals surface area contributed by atoms with E-state index in [1.807, 2.05) is 29.2 Å². The van der Waals surface area contributed by atoms with Crippen molar-refractivity contribution in [3.8, 4) is 5.75 Å². The Hall–Kier alpha value is -3.09. The number of amides is 2. The summed E-state index contributed by atoms with van der Waals surface area (Å²) in [5.74, 6) is 0.670. The summed E-state index contributed by atoms with van der Waals surface area (Å²) in [6, 6.07) is 9.43. The van der Waals surface area contributed by atoms with Crippen molar-refractivity contribution in [2.75, 3.05) is 25.4 Å². The second-order valence-corrected chi connectivity index (χ2v) is 7.61. The molecule has 28 heavy (non-hydrogen) atoms. The lowest BCUT2D eigenvalue weighted by atomic mass is 9.91. The lowest BCUT2D eigenvalue weighted by Gasteiger charge is -2.43. The number of pyridine rings is 1. The number of nitrogens with zero attached hydrogens (tertiary/aromatic N) is 3. The number of likely N-dealkylation sites (tertiary alicyclic amines) is 1. The standard InChI is InChI=1S/C21H24N4O3/c1-15(26)25-12-16-5-2-3-6-19(16)28-21(14-25)7-4-8-24(13-21)20(27)17-9-18(22)11-23-10-17/h2-3,5-6,9-11H,4,7-8,12-14,22H2,1H3. The molecular formula is C21H24N4O3. The summed E-state index contributed by atoms with van der Waals surface area (Å²) < 4.78 is 6.48. The van der Waals surface area contributed by atoms with Gasteiger partial charge in [-0.2, -0.15) is 0 Å². The highest BCUT2D eigenvalue weighted by Gasteiger charge is 2.43. The fraction of sp³-hybridized carbons (Fsp3) is 0.381. The number of anilines is 1. The first-order chi connectivity index (χ1) is 13.5. The number of carbonyl (C=O) groups is 2. The number of piperidine rings is 1. The number of carbonyl (C=O) groups excluding carboxylic acids is 2. The number of nitrogens with two attached hydrogens (primary N) is 1. The van der Waals surface area contributed by atoms with Crippen LogP contribution in [0.2, 0.25) is 0 Å². The highest BCUT2D eigenvalue weighted by atomic mass is 16.5. The number of ether oxygens (including phenoxy) is 1. The van der Waals surface area contributed by atoms with Crippen LogP contribution < -0.4 is 10.5 Å². The highest BCUT2D eigenvalue weighted by Crippen LogP contribution is 2.35. The van der Waals surface area contributed by atoms with Gasteiger partial charge in [0.1, 0.15) is 11.4 Å². The van der Waals surface area contributed by atoms with Crippen LogP contribution >= 0.6 is 0 Å². The Morgan fingerprint density at radius 2 is 1.96 bits per heavy atom. The van der Waals surface area contributed by atoms with Gasteiger partial charge in [0.15, 0.2) is 0 Å². The lowest BCUT2D eigenvalue weighted by molar-refractivity contribution is -0.132. The van der Waals surface area contributed by atoms with E-state index in [0.717, 1.165) is 24.2 Å². The summed E-state index contributed by atoms with van der Waals surface area (Å²) in [6.45, 7) is 3.60. The summed E-state index contributed by atoms with van der Waals surface area (Å²) in [6.07, 6.45) is 4.63. The van der Waals surface area contributed by atoms with E-state index in [1.54, 1.807) is 17.9 Å². The van der Waals surface area contributed by atoms with Crippen LogP contribution in [0.1, 0.15) is 35.7 Å². The fourth-order valence-electron chi connectivity index (χ4n) is 4.07. The molecule has 7 nitrogen and oxygen atoms in total. The number of nitrogen functional groups attached to an aromatic ring is 1. The highest BCUT2D eigenvalue weighted by molar-refractivity contribution is 5.94. The smallest absolute Gasteiger partial charge is 0.255 e. The number of fused-ring (bicyclic) bond motifs is 1. The number of para-hydroxylation sites is 1. The zero-order valence-electron chi connectivity index (χ0n) is 15.9. The summed E-state index contributed by atoms with van der Waals surface area (Å²) >= 11 is 0. The molecule has 146 valence electrons. The van der Waals surface area contributed by atoms with Crippen molar-refractivity contribution >= 4 is 17.5 Å². The maximum Gasteiger partial charge on any atom is 0.255 e. The summed E-state index contributed by atoms with van der Waals surface area (Å²) in [5.41, 5.74) is 7.07. The summed E-state index contributed by atoms with van der Waals surface area (Å²) in [4.78, 5) is 32.9. The largest absolute Gasteiger partial charge is 0.483 e. The van der Waals surface area contributed by atoms with E-state index >= 15 is 0 Å².